The zero-order chi connectivity index (χ0) is 16.0. The predicted molar refractivity (Wildman–Crippen MR) is 87.8 cm³/mol. The molecule has 1 aliphatic heterocycles. The summed E-state index contributed by atoms with van der Waals surface area (Å²) in [5.41, 5.74) is 1.12. The molecule has 1 aromatic carbocycles. The molecule has 1 aromatic rings. The second kappa shape index (κ2) is 7.94. The van der Waals surface area contributed by atoms with Crippen LogP contribution in [0.25, 0.3) is 0 Å². The lowest BCUT2D eigenvalue weighted by molar-refractivity contribution is -0.120. The van der Waals surface area contributed by atoms with Crippen LogP contribution in [0.5, 0.6) is 0 Å². The molecule has 1 amide bonds. The van der Waals surface area contributed by atoms with Crippen molar-refractivity contribution in [3.63, 3.8) is 0 Å². The Hall–Kier alpha value is -1.11. The van der Waals surface area contributed by atoms with Crippen LogP contribution in [0.15, 0.2) is 24.3 Å². The van der Waals surface area contributed by atoms with Crippen molar-refractivity contribution in [2.24, 2.45) is 0 Å². The van der Waals surface area contributed by atoms with E-state index in [4.69, 9.17) is 11.6 Å². The Morgan fingerprint density at radius 3 is 2.59 bits per heavy atom. The SMILES string of the molecule is O=C(CCNC1CCS(=O)(=O)C1)NCCc1ccc(Cl)cc1. The van der Waals surface area contributed by atoms with E-state index in [2.05, 4.69) is 10.6 Å². The molecular formula is C15H21ClN2O3S. The van der Waals surface area contributed by atoms with Crippen LogP contribution in [-0.4, -0.2) is 45.0 Å². The van der Waals surface area contributed by atoms with E-state index in [1.165, 1.54) is 0 Å². The Bertz CT molecular complexity index is 602. The maximum absolute atomic E-state index is 11.7. The first kappa shape index (κ1) is 17.2. The average molecular weight is 345 g/mol. The van der Waals surface area contributed by atoms with Gasteiger partial charge in [0.2, 0.25) is 5.91 Å². The number of nitrogens with one attached hydrogen (secondary N) is 2. The molecule has 0 radical (unpaired) electrons. The van der Waals surface area contributed by atoms with Gasteiger partial charge in [0.15, 0.2) is 9.84 Å². The van der Waals surface area contributed by atoms with Gasteiger partial charge in [0.25, 0.3) is 0 Å². The molecular weight excluding hydrogens is 324 g/mol. The molecule has 1 saturated heterocycles. The van der Waals surface area contributed by atoms with Gasteiger partial charge in [-0.25, -0.2) is 8.42 Å². The number of hydrogen-bond acceptors (Lipinski definition) is 4. The smallest absolute Gasteiger partial charge is 0.221 e. The number of carbonyl (C=O) groups excluding carboxylic acids is 1. The van der Waals surface area contributed by atoms with Crippen molar-refractivity contribution < 1.29 is 13.2 Å². The lowest BCUT2D eigenvalue weighted by atomic mass is 10.1. The third kappa shape index (κ3) is 5.94. The van der Waals surface area contributed by atoms with Crippen molar-refractivity contribution >= 4 is 27.3 Å². The van der Waals surface area contributed by atoms with E-state index in [1.54, 1.807) is 0 Å². The van der Waals surface area contributed by atoms with E-state index in [1.807, 2.05) is 24.3 Å². The van der Waals surface area contributed by atoms with Gasteiger partial charge < -0.3 is 10.6 Å². The number of rotatable bonds is 7. The molecule has 122 valence electrons. The van der Waals surface area contributed by atoms with E-state index in [0.717, 1.165) is 12.0 Å². The maximum atomic E-state index is 11.7. The van der Waals surface area contributed by atoms with Crippen molar-refractivity contribution in [2.75, 3.05) is 24.6 Å². The summed E-state index contributed by atoms with van der Waals surface area (Å²) >= 11 is 5.81. The molecule has 1 fully saturated rings. The summed E-state index contributed by atoms with van der Waals surface area (Å²) in [7, 11) is -2.87. The normalized spacial score (nSPS) is 20.0. The molecule has 1 heterocycles. The fraction of sp³-hybridized carbons (Fsp3) is 0.533. The van der Waals surface area contributed by atoms with E-state index >= 15 is 0 Å². The van der Waals surface area contributed by atoms with Gasteiger partial charge in [0, 0.05) is 30.6 Å². The second-order valence-corrected chi connectivity index (χ2v) is 8.20. The molecule has 22 heavy (non-hydrogen) atoms. The Morgan fingerprint density at radius 2 is 1.95 bits per heavy atom. The third-order valence-corrected chi connectivity index (χ3v) is 5.69. The monoisotopic (exact) mass is 344 g/mol. The zero-order valence-corrected chi connectivity index (χ0v) is 13.9. The lowest BCUT2D eigenvalue weighted by Gasteiger charge is -2.10. The van der Waals surface area contributed by atoms with Gasteiger partial charge in [-0.1, -0.05) is 23.7 Å². The number of sulfone groups is 1. The van der Waals surface area contributed by atoms with Gasteiger partial charge in [-0.15, -0.1) is 0 Å². The lowest BCUT2D eigenvalue weighted by Crippen LogP contribution is -2.34. The highest BCUT2D eigenvalue weighted by atomic mass is 35.5. The summed E-state index contributed by atoms with van der Waals surface area (Å²) in [6, 6.07) is 7.54. The average Bonchev–Trinajstić information content (AvgIpc) is 2.80. The molecule has 0 aromatic heterocycles. The Labute approximate surface area is 136 Å². The Balaban J connectivity index is 1.57. The first-order valence-electron chi connectivity index (χ1n) is 7.39. The molecule has 0 aliphatic carbocycles. The van der Waals surface area contributed by atoms with Crippen LogP contribution in [0, 0.1) is 0 Å². The van der Waals surface area contributed by atoms with E-state index in [-0.39, 0.29) is 23.5 Å². The number of amides is 1. The van der Waals surface area contributed by atoms with Crippen molar-refractivity contribution in [3.8, 4) is 0 Å². The van der Waals surface area contributed by atoms with Gasteiger partial charge in [-0.3, -0.25) is 4.79 Å². The molecule has 2 N–H and O–H groups in total. The van der Waals surface area contributed by atoms with Crippen LogP contribution in [0.3, 0.4) is 0 Å². The molecule has 2 rings (SSSR count). The largest absolute Gasteiger partial charge is 0.356 e. The van der Waals surface area contributed by atoms with E-state index in [9.17, 15) is 13.2 Å². The van der Waals surface area contributed by atoms with Crippen LogP contribution >= 0.6 is 11.6 Å². The minimum absolute atomic E-state index is 0.00753. The topological polar surface area (TPSA) is 75.3 Å². The minimum Gasteiger partial charge on any atom is -0.356 e. The van der Waals surface area contributed by atoms with Crippen molar-refractivity contribution in [2.45, 2.75) is 25.3 Å². The summed E-state index contributed by atoms with van der Waals surface area (Å²) in [6.45, 7) is 1.09. The standard InChI is InChI=1S/C15H21ClN2O3S/c16-13-3-1-12(2-4-13)5-8-18-15(19)6-9-17-14-7-10-22(20,21)11-14/h1-4,14,17H,5-11H2,(H,18,19). The number of benzene rings is 1. The summed E-state index contributed by atoms with van der Waals surface area (Å²) in [4.78, 5) is 11.7. The Morgan fingerprint density at radius 1 is 1.23 bits per heavy atom. The van der Waals surface area contributed by atoms with Gasteiger partial charge in [-0.05, 0) is 30.5 Å². The summed E-state index contributed by atoms with van der Waals surface area (Å²) < 4.78 is 22.6. The fourth-order valence-corrected chi connectivity index (χ4v) is 4.27. The highest BCUT2D eigenvalue weighted by molar-refractivity contribution is 7.91. The molecule has 1 aliphatic rings. The van der Waals surface area contributed by atoms with Crippen LogP contribution in [0.2, 0.25) is 5.02 Å². The van der Waals surface area contributed by atoms with Gasteiger partial charge in [0.05, 0.1) is 11.5 Å². The summed E-state index contributed by atoms with van der Waals surface area (Å²) in [5.74, 6) is 0.408. The minimum atomic E-state index is -2.87. The van der Waals surface area contributed by atoms with E-state index in [0.29, 0.717) is 31.0 Å². The number of carbonyl (C=O) groups is 1. The number of hydrogen-bond donors (Lipinski definition) is 2. The maximum Gasteiger partial charge on any atom is 0.221 e. The first-order valence-corrected chi connectivity index (χ1v) is 9.59. The highest BCUT2D eigenvalue weighted by Gasteiger charge is 2.27. The quantitative estimate of drug-likeness (QED) is 0.778. The van der Waals surface area contributed by atoms with Crippen molar-refractivity contribution in [1.29, 1.82) is 0 Å². The van der Waals surface area contributed by atoms with Crippen molar-refractivity contribution in [1.82, 2.24) is 10.6 Å². The van der Waals surface area contributed by atoms with Crippen LogP contribution in [0.1, 0.15) is 18.4 Å². The molecule has 1 unspecified atom stereocenters. The van der Waals surface area contributed by atoms with Gasteiger partial charge in [0.1, 0.15) is 0 Å². The first-order chi connectivity index (χ1) is 10.4. The number of halogens is 1. The fourth-order valence-electron chi connectivity index (χ4n) is 2.43. The third-order valence-electron chi connectivity index (χ3n) is 3.67. The van der Waals surface area contributed by atoms with Crippen LogP contribution in [-0.2, 0) is 21.1 Å². The van der Waals surface area contributed by atoms with Gasteiger partial charge >= 0.3 is 0 Å². The molecule has 0 bridgehead atoms. The van der Waals surface area contributed by atoms with Crippen LogP contribution < -0.4 is 10.6 Å². The zero-order valence-electron chi connectivity index (χ0n) is 12.3. The molecule has 7 heteroatoms. The highest BCUT2D eigenvalue weighted by Crippen LogP contribution is 2.11. The molecule has 0 saturated carbocycles. The van der Waals surface area contributed by atoms with Crippen LogP contribution in [0.4, 0.5) is 0 Å². The molecule has 5 nitrogen and oxygen atoms in total. The predicted octanol–water partition coefficient (Wildman–Crippen LogP) is 1.17. The molecule has 1 atom stereocenters. The van der Waals surface area contributed by atoms with Crippen molar-refractivity contribution in [3.05, 3.63) is 34.9 Å². The molecule has 0 spiro atoms. The van der Waals surface area contributed by atoms with Gasteiger partial charge in [-0.2, -0.15) is 0 Å². The van der Waals surface area contributed by atoms with E-state index < -0.39 is 9.84 Å². The summed E-state index contributed by atoms with van der Waals surface area (Å²) in [5, 5.41) is 6.69. The second-order valence-electron chi connectivity index (χ2n) is 5.53. The summed E-state index contributed by atoms with van der Waals surface area (Å²) in [6.07, 6.45) is 1.76. The Kier molecular flexibility index (Phi) is 6.23.